The van der Waals surface area contributed by atoms with Gasteiger partial charge in [0.1, 0.15) is 5.82 Å². The van der Waals surface area contributed by atoms with E-state index in [4.69, 9.17) is 4.74 Å². The van der Waals surface area contributed by atoms with Crippen LogP contribution in [-0.4, -0.2) is 52.6 Å². The lowest BCUT2D eigenvalue weighted by atomic mass is 10.1. The van der Waals surface area contributed by atoms with Crippen molar-refractivity contribution in [1.29, 1.82) is 0 Å². The lowest BCUT2D eigenvalue weighted by Gasteiger charge is -2.27. The predicted molar refractivity (Wildman–Crippen MR) is 106 cm³/mol. The van der Waals surface area contributed by atoms with Gasteiger partial charge >= 0.3 is 0 Å². The first-order valence-electron chi connectivity index (χ1n) is 9.29. The number of sulfonamides is 1. The molecule has 0 saturated carbocycles. The molecule has 0 atom stereocenters. The van der Waals surface area contributed by atoms with Gasteiger partial charge in [-0.3, -0.25) is 9.69 Å². The summed E-state index contributed by atoms with van der Waals surface area (Å²) < 4.78 is 45.5. The number of benzene rings is 2. The van der Waals surface area contributed by atoms with E-state index < -0.39 is 21.7 Å². The van der Waals surface area contributed by atoms with Crippen LogP contribution in [0.25, 0.3) is 0 Å². The normalized spacial score (nSPS) is 15.2. The molecule has 0 bridgehead atoms. The molecule has 0 unspecified atom stereocenters. The first-order chi connectivity index (χ1) is 13.9. The fourth-order valence-corrected chi connectivity index (χ4v) is 3.87. The Hall–Kier alpha value is -2.33. The van der Waals surface area contributed by atoms with Crippen LogP contribution in [0.3, 0.4) is 0 Å². The van der Waals surface area contributed by atoms with Gasteiger partial charge in [0, 0.05) is 26.2 Å². The Morgan fingerprint density at radius 3 is 2.52 bits per heavy atom. The molecule has 1 amide bonds. The maximum absolute atomic E-state index is 14.1. The van der Waals surface area contributed by atoms with E-state index in [0.717, 1.165) is 49.0 Å². The topological polar surface area (TPSA) is 87.7 Å². The minimum Gasteiger partial charge on any atom is -0.379 e. The molecule has 156 valence electrons. The van der Waals surface area contributed by atoms with Gasteiger partial charge in [-0.25, -0.2) is 17.5 Å². The number of amides is 1. The highest BCUT2D eigenvalue weighted by Crippen LogP contribution is 2.16. The maximum Gasteiger partial charge on any atom is 0.254 e. The second-order valence-corrected chi connectivity index (χ2v) is 8.58. The van der Waals surface area contributed by atoms with Crippen molar-refractivity contribution in [3.63, 3.8) is 0 Å². The Bertz CT molecular complexity index is 975. The van der Waals surface area contributed by atoms with E-state index in [1.165, 1.54) is 7.05 Å². The maximum atomic E-state index is 14.1. The molecule has 7 nitrogen and oxygen atoms in total. The molecular weight excluding hydrogens is 397 g/mol. The fourth-order valence-electron chi connectivity index (χ4n) is 3.12. The smallest absolute Gasteiger partial charge is 0.254 e. The largest absolute Gasteiger partial charge is 0.379 e. The van der Waals surface area contributed by atoms with Crippen LogP contribution in [0.5, 0.6) is 0 Å². The van der Waals surface area contributed by atoms with Gasteiger partial charge in [0.05, 0.1) is 23.7 Å². The van der Waals surface area contributed by atoms with Crippen LogP contribution in [0.2, 0.25) is 0 Å². The van der Waals surface area contributed by atoms with E-state index in [9.17, 15) is 17.6 Å². The number of carbonyl (C=O) groups excluding carboxylic acids is 1. The first kappa shape index (κ1) is 21.4. The van der Waals surface area contributed by atoms with E-state index >= 15 is 0 Å². The zero-order valence-corrected chi connectivity index (χ0v) is 17.0. The second-order valence-electron chi connectivity index (χ2n) is 6.69. The van der Waals surface area contributed by atoms with Crippen molar-refractivity contribution in [3.05, 3.63) is 65.0 Å². The van der Waals surface area contributed by atoms with Crippen LogP contribution >= 0.6 is 0 Å². The molecule has 1 heterocycles. The molecular formula is C20H24FN3O4S. The van der Waals surface area contributed by atoms with E-state index in [-0.39, 0.29) is 17.0 Å². The number of nitrogens with zero attached hydrogens (tertiary/aromatic N) is 1. The number of hydrogen-bond donors (Lipinski definition) is 2. The van der Waals surface area contributed by atoms with Crippen molar-refractivity contribution < 1.29 is 22.3 Å². The average Bonchev–Trinajstić information content (AvgIpc) is 2.74. The Morgan fingerprint density at radius 2 is 1.83 bits per heavy atom. The van der Waals surface area contributed by atoms with Crippen LogP contribution in [0.1, 0.15) is 21.5 Å². The zero-order chi connectivity index (χ0) is 20.9. The lowest BCUT2D eigenvalue weighted by molar-refractivity contribution is 0.0340. The Kier molecular flexibility index (Phi) is 6.96. The molecule has 0 radical (unpaired) electrons. The first-order valence-corrected chi connectivity index (χ1v) is 10.8. The number of carbonyl (C=O) groups is 1. The molecule has 2 aromatic carbocycles. The summed E-state index contributed by atoms with van der Waals surface area (Å²) in [5.74, 6) is -1.45. The minimum atomic E-state index is -3.77. The summed E-state index contributed by atoms with van der Waals surface area (Å²) in [6, 6.07) is 10.9. The minimum absolute atomic E-state index is 0.167. The third kappa shape index (κ3) is 5.39. The summed E-state index contributed by atoms with van der Waals surface area (Å²) in [7, 11) is -2.52. The molecule has 0 spiro atoms. The van der Waals surface area contributed by atoms with Crippen LogP contribution < -0.4 is 10.0 Å². The monoisotopic (exact) mass is 421 g/mol. The summed E-state index contributed by atoms with van der Waals surface area (Å²) in [4.78, 5) is 14.6. The zero-order valence-electron chi connectivity index (χ0n) is 16.2. The van der Waals surface area contributed by atoms with Crippen LogP contribution in [-0.2, 0) is 27.8 Å². The van der Waals surface area contributed by atoms with Crippen LogP contribution in [0.15, 0.2) is 47.4 Å². The van der Waals surface area contributed by atoms with Gasteiger partial charge in [-0.1, -0.05) is 24.3 Å². The number of halogens is 1. The molecule has 0 aliphatic carbocycles. The molecule has 29 heavy (non-hydrogen) atoms. The molecule has 1 fully saturated rings. The number of hydrogen-bond acceptors (Lipinski definition) is 5. The number of ether oxygens (including phenoxy) is 1. The molecule has 1 saturated heterocycles. The highest BCUT2D eigenvalue weighted by Gasteiger charge is 2.19. The summed E-state index contributed by atoms with van der Waals surface area (Å²) in [6.07, 6.45) is 0. The second kappa shape index (κ2) is 9.45. The van der Waals surface area contributed by atoms with Crippen molar-refractivity contribution in [3.8, 4) is 0 Å². The van der Waals surface area contributed by atoms with Gasteiger partial charge in [0.15, 0.2) is 0 Å². The predicted octanol–water partition coefficient (Wildman–Crippen LogP) is 1.50. The summed E-state index contributed by atoms with van der Waals surface area (Å²) >= 11 is 0. The van der Waals surface area contributed by atoms with E-state index in [1.807, 2.05) is 24.3 Å². The van der Waals surface area contributed by atoms with E-state index in [1.54, 1.807) is 0 Å². The highest BCUT2D eigenvalue weighted by molar-refractivity contribution is 7.89. The van der Waals surface area contributed by atoms with Crippen LogP contribution in [0, 0.1) is 5.82 Å². The average molecular weight is 421 g/mol. The van der Waals surface area contributed by atoms with Crippen molar-refractivity contribution in [2.24, 2.45) is 0 Å². The van der Waals surface area contributed by atoms with Gasteiger partial charge < -0.3 is 10.1 Å². The number of morpholine rings is 1. The van der Waals surface area contributed by atoms with Crippen molar-refractivity contribution in [2.45, 2.75) is 18.0 Å². The molecule has 2 N–H and O–H groups in total. The molecule has 0 aromatic heterocycles. The van der Waals surface area contributed by atoms with E-state index in [0.29, 0.717) is 13.2 Å². The third-order valence-electron chi connectivity index (χ3n) is 4.82. The fraction of sp³-hybridized carbons (Fsp3) is 0.350. The van der Waals surface area contributed by atoms with Crippen molar-refractivity contribution in [2.75, 3.05) is 33.4 Å². The quantitative estimate of drug-likeness (QED) is 0.708. The van der Waals surface area contributed by atoms with Crippen molar-refractivity contribution >= 4 is 15.9 Å². The Balaban J connectivity index is 1.72. The SMILES string of the molecule is CNS(=O)(=O)c1ccc(F)c(C(=O)NCc2ccccc2CN2CCOCC2)c1. The van der Waals surface area contributed by atoms with E-state index in [2.05, 4.69) is 14.9 Å². The molecule has 1 aliphatic heterocycles. The summed E-state index contributed by atoms with van der Waals surface area (Å²) in [5, 5.41) is 2.69. The van der Waals surface area contributed by atoms with Gasteiger partial charge in [-0.15, -0.1) is 0 Å². The Labute approximate surface area is 169 Å². The molecule has 1 aliphatic rings. The standard InChI is InChI=1S/C20H24FN3O4S/c1-22-29(26,27)17-6-7-19(21)18(12-17)20(25)23-13-15-4-2-3-5-16(15)14-24-8-10-28-11-9-24/h2-7,12,22H,8-11,13-14H2,1H3,(H,23,25). The van der Waals surface area contributed by atoms with Gasteiger partial charge in [-0.05, 0) is 36.4 Å². The number of rotatable bonds is 7. The lowest BCUT2D eigenvalue weighted by Crippen LogP contribution is -2.36. The Morgan fingerprint density at radius 1 is 1.14 bits per heavy atom. The number of nitrogens with one attached hydrogen (secondary N) is 2. The van der Waals surface area contributed by atoms with Crippen molar-refractivity contribution in [1.82, 2.24) is 14.9 Å². The summed E-state index contributed by atoms with van der Waals surface area (Å²) in [6.45, 7) is 4.03. The van der Waals surface area contributed by atoms with Gasteiger partial charge in [0.2, 0.25) is 10.0 Å². The summed E-state index contributed by atoms with van der Waals surface area (Å²) in [5.41, 5.74) is 1.68. The molecule has 2 aromatic rings. The molecule has 9 heteroatoms. The van der Waals surface area contributed by atoms with Gasteiger partial charge in [-0.2, -0.15) is 0 Å². The highest BCUT2D eigenvalue weighted by atomic mass is 32.2. The molecule has 3 rings (SSSR count). The third-order valence-corrected chi connectivity index (χ3v) is 6.23. The van der Waals surface area contributed by atoms with Gasteiger partial charge in [0.25, 0.3) is 5.91 Å². The van der Waals surface area contributed by atoms with Crippen LogP contribution in [0.4, 0.5) is 4.39 Å².